The lowest BCUT2D eigenvalue weighted by Gasteiger charge is -2.20. The molecule has 0 radical (unpaired) electrons. The van der Waals surface area contributed by atoms with Crippen LogP contribution in [0.15, 0.2) is 12.1 Å². The van der Waals surface area contributed by atoms with E-state index in [-0.39, 0.29) is 0 Å². The molecular weight excluding hydrogens is 234 g/mol. The number of benzene rings is 1. The standard InChI is InChI=1S/C14H20ClNO/c1-9(2)12-6-11(15)7-13(14(12)17-3)10-4-5-16-8-10/h6-7,9-10,16H,4-5,8H2,1-3H3. The summed E-state index contributed by atoms with van der Waals surface area (Å²) in [5, 5.41) is 4.21. The molecule has 1 unspecified atom stereocenters. The first-order valence-electron chi connectivity index (χ1n) is 6.21. The maximum absolute atomic E-state index is 6.23. The summed E-state index contributed by atoms with van der Waals surface area (Å²) < 4.78 is 5.62. The Balaban J connectivity index is 2.48. The molecule has 1 saturated heterocycles. The van der Waals surface area contributed by atoms with Gasteiger partial charge in [-0.15, -0.1) is 0 Å². The van der Waals surface area contributed by atoms with Gasteiger partial charge in [-0.1, -0.05) is 25.4 Å². The molecule has 1 aliphatic rings. The van der Waals surface area contributed by atoms with E-state index in [1.54, 1.807) is 7.11 Å². The van der Waals surface area contributed by atoms with Crippen molar-refractivity contribution < 1.29 is 4.74 Å². The first-order chi connectivity index (χ1) is 8.13. The van der Waals surface area contributed by atoms with Gasteiger partial charge in [-0.2, -0.15) is 0 Å². The van der Waals surface area contributed by atoms with Crippen LogP contribution in [0.25, 0.3) is 0 Å². The van der Waals surface area contributed by atoms with E-state index >= 15 is 0 Å². The number of ether oxygens (including phenoxy) is 1. The third-order valence-corrected chi connectivity index (χ3v) is 3.66. The summed E-state index contributed by atoms with van der Waals surface area (Å²) in [4.78, 5) is 0. The molecule has 2 rings (SSSR count). The number of hydrogen-bond donors (Lipinski definition) is 1. The molecule has 1 fully saturated rings. The van der Waals surface area contributed by atoms with Crippen LogP contribution < -0.4 is 10.1 Å². The minimum atomic E-state index is 0.428. The molecule has 0 amide bonds. The predicted molar refractivity (Wildman–Crippen MR) is 72.3 cm³/mol. The summed E-state index contributed by atoms with van der Waals surface area (Å²) in [6.07, 6.45) is 1.16. The van der Waals surface area contributed by atoms with Gasteiger partial charge in [-0.25, -0.2) is 0 Å². The molecule has 1 aromatic carbocycles. The average molecular weight is 254 g/mol. The molecule has 94 valence electrons. The molecule has 0 spiro atoms. The number of rotatable bonds is 3. The van der Waals surface area contributed by atoms with Crippen LogP contribution >= 0.6 is 11.6 Å². The molecule has 2 nitrogen and oxygen atoms in total. The lowest BCUT2D eigenvalue weighted by atomic mass is 9.91. The molecule has 0 aromatic heterocycles. The Morgan fingerprint density at radius 1 is 1.41 bits per heavy atom. The molecule has 0 bridgehead atoms. The predicted octanol–water partition coefficient (Wildman–Crippen LogP) is 3.55. The second kappa shape index (κ2) is 5.28. The van der Waals surface area contributed by atoms with Crippen molar-refractivity contribution in [3.63, 3.8) is 0 Å². The summed E-state index contributed by atoms with van der Waals surface area (Å²) >= 11 is 6.23. The fourth-order valence-corrected chi connectivity index (χ4v) is 2.76. The Labute approximate surface area is 108 Å². The van der Waals surface area contributed by atoms with Crippen LogP contribution in [0, 0.1) is 0 Å². The van der Waals surface area contributed by atoms with Crippen molar-refractivity contribution in [1.82, 2.24) is 5.32 Å². The molecule has 0 saturated carbocycles. The van der Waals surface area contributed by atoms with Crippen LogP contribution in [0.2, 0.25) is 5.02 Å². The van der Waals surface area contributed by atoms with Gasteiger partial charge in [-0.3, -0.25) is 0 Å². The highest BCUT2D eigenvalue weighted by Gasteiger charge is 2.23. The van der Waals surface area contributed by atoms with E-state index in [4.69, 9.17) is 16.3 Å². The Bertz CT molecular complexity index is 397. The molecule has 17 heavy (non-hydrogen) atoms. The third-order valence-electron chi connectivity index (χ3n) is 3.44. The Morgan fingerprint density at radius 3 is 2.71 bits per heavy atom. The van der Waals surface area contributed by atoms with Crippen molar-refractivity contribution >= 4 is 11.6 Å². The molecule has 1 atom stereocenters. The molecule has 3 heteroatoms. The van der Waals surface area contributed by atoms with Crippen molar-refractivity contribution in [1.29, 1.82) is 0 Å². The van der Waals surface area contributed by atoms with Gasteiger partial charge >= 0.3 is 0 Å². The van der Waals surface area contributed by atoms with E-state index in [0.29, 0.717) is 11.8 Å². The summed E-state index contributed by atoms with van der Waals surface area (Å²) in [5.74, 6) is 1.98. The normalized spacial score (nSPS) is 19.9. The fraction of sp³-hybridized carbons (Fsp3) is 0.571. The van der Waals surface area contributed by atoms with Gasteiger partial charge in [0, 0.05) is 23.0 Å². The number of nitrogens with one attached hydrogen (secondary N) is 1. The van der Waals surface area contributed by atoms with Crippen LogP contribution in [-0.2, 0) is 0 Å². The number of halogens is 1. The molecule has 1 N–H and O–H groups in total. The van der Waals surface area contributed by atoms with Crippen LogP contribution in [0.5, 0.6) is 5.75 Å². The van der Waals surface area contributed by atoms with Gasteiger partial charge in [0.15, 0.2) is 0 Å². The Morgan fingerprint density at radius 2 is 2.18 bits per heavy atom. The topological polar surface area (TPSA) is 21.3 Å². The van der Waals surface area contributed by atoms with Gasteiger partial charge in [0.1, 0.15) is 5.75 Å². The van der Waals surface area contributed by atoms with Crippen LogP contribution in [0.4, 0.5) is 0 Å². The number of methoxy groups -OCH3 is 1. The molecular formula is C14H20ClNO. The quantitative estimate of drug-likeness (QED) is 0.890. The molecule has 1 aliphatic heterocycles. The first-order valence-corrected chi connectivity index (χ1v) is 6.59. The van der Waals surface area contributed by atoms with Gasteiger partial charge < -0.3 is 10.1 Å². The molecule has 0 aliphatic carbocycles. The van der Waals surface area contributed by atoms with E-state index in [9.17, 15) is 0 Å². The summed E-state index contributed by atoms with van der Waals surface area (Å²) in [6.45, 7) is 6.45. The number of hydrogen-bond acceptors (Lipinski definition) is 2. The highest BCUT2D eigenvalue weighted by atomic mass is 35.5. The van der Waals surface area contributed by atoms with Gasteiger partial charge in [0.25, 0.3) is 0 Å². The Hall–Kier alpha value is -0.730. The van der Waals surface area contributed by atoms with Crippen molar-refractivity contribution in [2.24, 2.45) is 0 Å². The zero-order valence-corrected chi connectivity index (χ0v) is 11.5. The Kier molecular flexibility index (Phi) is 3.95. The van der Waals surface area contributed by atoms with Gasteiger partial charge in [-0.05, 0) is 36.6 Å². The highest BCUT2D eigenvalue weighted by molar-refractivity contribution is 6.30. The second-order valence-electron chi connectivity index (χ2n) is 4.96. The second-order valence-corrected chi connectivity index (χ2v) is 5.40. The van der Waals surface area contributed by atoms with Crippen LogP contribution in [0.1, 0.15) is 43.2 Å². The monoisotopic (exact) mass is 253 g/mol. The van der Waals surface area contributed by atoms with Gasteiger partial charge in [0.2, 0.25) is 0 Å². The first kappa shape index (κ1) is 12.7. The minimum absolute atomic E-state index is 0.428. The van der Waals surface area contributed by atoms with Crippen molar-refractivity contribution in [3.8, 4) is 5.75 Å². The molecule has 1 aromatic rings. The SMILES string of the molecule is COc1c(C(C)C)cc(Cl)cc1C1CCNC1. The maximum atomic E-state index is 6.23. The van der Waals surface area contributed by atoms with E-state index in [0.717, 1.165) is 30.3 Å². The van der Waals surface area contributed by atoms with Crippen LogP contribution in [-0.4, -0.2) is 20.2 Å². The molecule has 1 heterocycles. The summed E-state index contributed by atoms with van der Waals surface area (Å²) in [5.41, 5.74) is 2.47. The van der Waals surface area contributed by atoms with Crippen molar-refractivity contribution in [2.75, 3.05) is 20.2 Å². The fourth-order valence-electron chi connectivity index (χ4n) is 2.52. The van der Waals surface area contributed by atoms with Crippen molar-refractivity contribution in [2.45, 2.75) is 32.1 Å². The largest absolute Gasteiger partial charge is 0.496 e. The van der Waals surface area contributed by atoms with Gasteiger partial charge in [0.05, 0.1) is 7.11 Å². The third kappa shape index (κ3) is 2.58. The van der Waals surface area contributed by atoms with E-state index in [1.165, 1.54) is 11.1 Å². The zero-order chi connectivity index (χ0) is 12.4. The van der Waals surface area contributed by atoms with E-state index < -0.39 is 0 Å². The maximum Gasteiger partial charge on any atom is 0.125 e. The van der Waals surface area contributed by atoms with E-state index in [1.807, 2.05) is 6.07 Å². The van der Waals surface area contributed by atoms with Crippen molar-refractivity contribution in [3.05, 3.63) is 28.3 Å². The smallest absolute Gasteiger partial charge is 0.125 e. The average Bonchev–Trinajstić information content (AvgIpc) is 2.81. The zero-order valence-electron chi connectivity index (χ0n) is 10.7. The van der Waals surface area contributed by atoms with E-state index in [2.05, 4.69) is 25.2 Å². The minimum Gasteiger partial charge on any atom is -0.496 e. The summed E-state index contributed by atoms with van der Waals surface area (Å²) in [6, 6.07) is 4.08. The lowest BCUT2D eigenvalue weighted by molar-refractivity contribution is 0.399. The van der Waals surface area contributed by atoms with Crippen LogP contribution in [0.3, 0.4) is 0 Å². The summed E-state index contributed by atoms with van der Waals surface area (Å²) in [7, 11) is 1.75. The lowest BCUT2D eigenvalue weighted by Crippen LogP contribution is -2.09. The highest BCUT2D eigenvalue weighted by Crippen LogP contribution is 2.38.